The van der Waals surface area contributed by atoms with Crippen LogP contribution < -0.4 is 11.1 Å². The van der Waals surface area contributed by atoms with Gasteiger partial charge in [-0.3, -0.25) is 9.78 Å². The van der Waals surface area contributed by atoms with Crippen molar-refractivity contribution in [2.75, 3.05) is 6.54 Å². The Morgan fingerprint density at radius 2 is 2.24 bits per heavy atom. The quantitative estimate of drug-likeness (QED) is 0.889. The summed E-state index contributed by atoms with van der Waals surface area (Å²) in [5, 5.41) is 3.01. The molecule has 1 fully saturated rings. The van der Waals surface area contributed by atoms with Crippen molar-refractivity contribution in [3.8, 4) is 0 Å². The molecule has 1 amide bonds. The molecule has 4 nitrogen and oxygen atoms in total. The van der Waals surface area contributed by atoms with Crippen molar-refractivity contribution in [3.05, 3.63) is 30.1 Å². The van der Waals surface area contributed by atoms with Crippen molar-refractivity contribution in [1.82, 2.24) is 10.3 Å². The Morgan fingerprint density at radius 1 is 1.48 bits per heavy atom. The SMILES string of the molecule is CC1(N)CCCCC1C(=O)NCCc1cccnc1.Cl.Cl. The Labute approximate surface area is 139 Å². The fourth-order valence-corrected chi connectivity index (χ4v) is 2.79. The minimum absolute atomic E-state index is 0. The van der Waals surface area contributed by atoms with Crippen LogP contribution in [0.5, 0.6) is 0 Å². The zero-order chi connectivity index (χ0) is 13.7. The van der Waals surface area contributed by atoms with Crippen molar-refractivity contribution in [2.45, 2.75) is 44.6 Å². The lowest BCUT2D eigenvalue weighted by Gasteiger charge is -2.37. The second-order valence-corrected chi connectivity index (χ2v) is 5.71. The predicted molar refractivity (Wildman–Crippen MR) is 90.0 cm³/mol. The van der Waals surface area contributed by atoms with Crippen LogP contribution in [0.4, 0.5) is 0 Å². The first-order valence-corrected chi connectivity index (χ1v) is 7.05. The minimum atomic E-state index is -0.351. The van der Waals surface area contributed by atoms with Gasteiger partial charge in [0.1, 0.15) is 0 Å². The van der Waals surface area contributed by atoms with E-state index < -0.39 is 0 Å². The van der Waals surface area contributed by atoms with Crippen LogP contribution in [-0.2, 0) is 11.2 Å². The van der Waals surface area contributed by atoms with E-state index in [4.69, 9.17) is 5.73 Å². The molecule has 2 rings (SSSR count). The predicted octanol–water partition coefficient (Wildman–Crippen LogP) is 2.49. The highest BCUT2D eigenvalue weighted by Crippen LogP contribution is 2.31. The van der Waals surface area contributed by atoms with Gasteiger partial charge in [0.15, 0.2) is 0 Å². The molecule has 0 aliphatic heterocycles. The summed E-state index contributed by atoms with van der Waals surface area (Å²) in [4.78, 5) is 16.3. The molecule has 1 heterocycles. The highest BCUT2D eigenvalue weighted by Gasteiger charge is 2.37. The fraction of sp³-hybridized carbons (Fsp3) is 0.600. The fourth-order valence-electron chi connectivity index (χ4n) is 2.79. The lowest BCUT2D eigenvalue weighted by atomic mass is 9.74. The zero-order valence-corrected chi connectivity index (χ0v) is 14.0. The first-order valence-electron chi connectivity index (χ1n) is 7.05. The maximum atomic E-state index is 12.2. The summed E-state index contributed by atoms with van der Waals surface area (Å²) < 4.78 is 0. The molecule has 0 saturated heterocycles. The number of hydrogen-bond donors (Lipinski definition) is 2. The molecule has 1 saturated carbocycles. The highest BCUT2D eigenvalue weighted by molar-refractivity contribution is 5.85. The number of nitrogens with zero attached hydrogens (tertiary/aromatic N) is 1. The Balaban J connectivity index is 0.00000200. The number of amides is 1. The number of hydrogen-bond acceptors (Lipinski definition) is 3. The third-order valence-electron chi connectivity index (χ3n) is 4.01. The van der Waals surface area contributed by atoms with Gasteiger partial charge in [0, 0.05) is 24.5 Å². The summed E-state index contributed by atoms with van der Waals surface area (Å²) in [6, 6.07) is 3.93. The van der Waals surface area contributed by atoms with E-state index in [-0.39, 0.29) is 42.2 Å². The van der Waals surface area contributed by atoms with Crippen molar-refractivity contribution in [2.24, 2.45) is 11.7 Å². The van der Waals surface area contributed by atoms with E-state index in [1.54, 1.807) is 6.20 Å². The van der Waals surface area contributed by atoms with Gasteiger partial charge in [0.05, 0.1) is 5.92 Å². The Hall–Kier alpha value is -0.840. The van der Waals surface area contributed by atoms with Crippen LogP contribution in [-0.4, -0.2) is 23.0 Å². The van der Waals surface area contributed by atoms with E-state index in [2.05, 4.69) is 10.3 Å². The molecule has 0 bridgehead atoms. The standard InChI is InChI=1S/C15H23N3O.2ClH/c1-15(16)8-3-2-6-13(15)14(19)18-10-7-12-5-4-9-17-11-12;;/h4-5,9,11,13H,2-3,6-8,10,16H2,1H3,(H,18,19);2*1H. The molecular weight excluding hydrogens is 309 g/mol. The van der Waals surface area contributed by atoms with Gasteiger partial charge in [-0.2, -0.15) is 0 Å². The second-order valence-electron chi connectivity index (χ2n) is 5.71. The molecule has 2 unspecified atom stereocenters. The second kappa shape index (κ2) is 9.23. The topological polar surface area (TPSA) is 68.0 Å². The normalized spacial score (nSPS) is 24.4. The molecule has 0 radical (unpaired) electrons. The van der Waals surface area contributed by atoms with Crippen LogP contribution in [0.3, 0.4) is 0 Å². The van der Waals surface area contributed by atoms with Crippen molar-refractivity contribution >= 4 is 30.7 Å². The first-order chi connectivity index (χ1) is 9.09. The van der Waals surface area contributed by atoms with E-state index in [1.165, 1.54) is 0 Å². The van der Waals surface area contributed by atoms with Gasteiger partial charge in [-0.1, -0.05) is 18.9 Å². The van der Waals surface area contributed by atoms with Gasteiger partial charge in [-0.05, 0) is 37.8 Å². The number of aromatic nitrogens is 1. The Bertz CT molecular complexity index is 426. The summed E-state index contributed by atoms with van der Waals surface area (Å²) in [6.07, 6.45) is 8.48. The van der Waals surface area contributed by atoms with Crippen LogP contribution in [0.15, 0.2) is 24.5 Å². The molecular formula is C15H25Cl2N3O. The summed E-state index contributed by atoms with van der Waals surface area (Å²) in [5.41, 5.74) is 7.03. The van der Waals surface area contributed by atoms with E-state index in [0.29, 0.717) is 6.54 Å². The number of rotatable bonds is 4. The third-order valence-corrected chi connectivity index (χ3v) is 4.01. The molecule has 1 aliphatic rings. The number of carbonyl (C=O) groups is 1. The molecule has 1 aliphatic carbocycles. The van der Waals surface area contributed by atoms with Gasteiger partial charge in [-0.25, -0.2) is 0 Å². The lowest BCUT2D eigenvalue weighted by molar-refractivity contribution is -0.128. The van der Waals surface area contributed by atoms with Gasteiger partial charge < -0.3 is 11.1 Å². The largest absolute Gasteiger partial charge is 0.355 e. The molecule has 6 heteroatoms. The van der Waals surface area contributed by atoms with Crippen LogP contribution in [0.25, 0.3) is 0 Å². The zero-order valence-electron chi connectivity index (χ0n) is 12.4. The summed E-state index contributed by atoms with van der Waals surface area (Å²) in [7, 11) is 0. The number of nitrogens with two attached hydrogens (primary N) is 1. The van der Waals surface area contributed by atoms with Crippen LogP contribution >= 0.6 is 24.8 Å². The molecule has 21 heavy (non-hydrogen) atoms. The van der Waals surface area contributed by atoms with Crippen LogP contribution in [0.1, 0.15) is 38.2 Å². The number of pyridine rings is 1. The minimum Gasteiger partial charge on any atom is -0.355 e. The van der Waals surface area contributed by atoms with Crippen molar-refractivity contribution in [3.63, 3.8) is 0 Å². The molecule has 2 atom stereocenters. The highest BCUT2D eigenvalue weighted by atomic mass is 35.5. The smallest absolute Gasteiger partial charge is 0.224 e. The van der Waals surface area contributed by atoms with E-state index in [9.17, 15) is 4.79 Å². The van der Waals surface area contributed by atoms with Crippen molar-refractivity contribution < 1.29 is 4.79 Å². The number of nitrogens with one attached hydrogen (secondary N) is 1. The van der Waals surface area contributed by atoms with E-state index in [0.717, 1.165) is 37.7 Å². The maximum absolute atomic E-state index is 12.2. The van der Waals surface area contributed by atoms with E-state index in [1.807, 2.05) is 25.3 Å². The van der Waals surface area contributed by atoms with Gasteiger partial charge in [0.2, 0.25) is 5.91 Å². The average Bonchev–Trinajstić information content (AvgIpc) is 2.39. The van der Waals surface area contributed by atoms with Crippen LogP contribution in [0, 0.1) is 5.92 Å². The molecule has 0 aromatic carbocycles. The Kier molecular flexibility index (Phi) is 8.86. The van der Waals surface area contributed by atoms with Gasteiger partial charge in [-0.15, -0.1) is 24.8 Å². The molecule has 1 aromatic heterocycles. The molecule has 120 valence electrons. The molecule has 0 spiro atoms. The van der Waals surface area contributed by atoms with Crippen LogP contribution in [0.2, 0.25) is 0 Å². The number of halogens is 2. The lowest BCUT2D eigenvalue weighted by Crippen LogP contribution is -2.53. The third kappa shape index (κ3) is 5.81. The summed E-state index contributed by atoms with van der Waals surface area (Å²) >= 11 is 0. The summed E-state index contributed by atoms with van der Waals surface area (Å²) in [6.45, 7) is 2.65. The Morgan fingerprint density at radius 3 is 2.86 bits per heavy atom. The first kappa shape index (κ1) is 20.2. The van der Waals surface area contributed by atoms with Crippen molar-refractivity contribution in [1.29, 1.82) is 0 Å². The molecule has 1 aromatic rings. The maximum Gasteiger partial charge on any atom is 0.224 e. The average molecular weight is 334 g/mol. The number of carbonyl (C=O) groups excluding carboxylic acids is 1. The van der Waals surface area contributed by atoms with E-state index >= 15 is 0 Å². The van der Waals surface area contributed by atoms with Gasteiger partial charge in [0.25, 0.3) is 0 Å². The van der Waals surface area contributed by atoms with Gasteiger partial charge >= 0.3 is 0 Å². The monoisotopic (exact) mass is 333 g/mol. The summed E-state index contributed by atoms with van der Waals surface area (Å²) in [5.74, 6) is 0.0590. The molecule has 3 N–H and O–H groups in total.